The Morgan fingerprint density at radius 1 is 1.53 bits per heavy atom. The fourth-order valence-electron chi connectivity index (χ4n) is 1.59. The molecule has 0 unspecified atom stereocenters. The van der Waals surface area contributed by atoms with Crippen molar-refractivity contribution in [2.24, 2.45) is 0 Å². The zero-order chi connectivity index (χ0) is 13.8. The summed E-state index contributed by atoms with van der Waals surface area (Å²) >= 11 is 6.07. The normalized spacial score (nSPS) is 10.3. The highest BCUT2D eigenvalue weighted by Crippen LogP contribution is 2.25. The van der Waals surface area contributed by atoms with Crippen molar-refractivity contribution in [2.45, 2.75) is 13.5 Å². The lowest BCUT2D eigenvalue weighted by Gasteiger charge is -2.10. The number of rotatable bonds is 4. The number of ether oxygens (including phenoxy) is 1. The number of nitrogens with zero attached hydrogens (tertiary/aromatic N) is 2. The van der Waals surface area contributed by atoms with Gasteiger partial charge in [0.05, 0.1) is 7.11 Å². The number of H-pyrrole nitrogens is 1. The lowest BCUT2D eigenvalue weighted by molar-refractivity contribution is 0.0940. The largest absolute Gasteiger partial charge is 0.496 e. The summed E-state index contributed by atoms with van der Waals surface area (Å²) in [6.45, 7) is 1.97. The van der Waals surface area contributed by atoms with Gasteiger partial charge < -0.3 is 10.1 Å². The number of carbonyl (C=O) groups excluding carboxylic acids is 1. The van der Waals surface area contributed by atoms with Gasteiger partial charge >= 0.3 is 0 Å². The van der Waals surface area contributed by atoms with Gasteiger partial charge in [-0.05, 0) is 19.1 Å². The molecule has 19 heavy (non-hydrogen) atoms. The van der Waals surface area contributed by atoms with Crippen LogP contribution in [0.15, 0.2) is 18.2 Å². The molecular formula is C12H13ClN4O2. The van der Waals surface area contributed by atoms with Crippen LogP contribution in [0, 0.1) is 6.92 Å². The molecule has 0 aliphatic rings. The predicted octanol–water partition coefficient (Wildman–Crippen LogP) is 1.71. The Balaban J connectivity index is 2.09. The minimum absolute atomic E-state index is 0.100. The van der Waals surface area contributed by atoms with Gasteiger partial charge in [-0.25, -0.2) is 4.98 Å². The lowest BCUT2D eigenvalue weighted by Crippen LogP contribution is -2.24. The van der Waals surface area contributed by atoms with Crippen LogP contribution < -0.4 is 10.1 Å². The molecular weight excluding hydrogens is 268 g/mol. The molecule has 6 nitrogen and oxygen atoms in total. The summed E-state index contributed by atoms with van der Waals surface area (Å²) in [7, 11) is 1.55. The van der Waals surface area contributed by atoms with Crippen molar-refractivity contribution in [3.8, 4) is 5.75 Å². The molecule has 100 valence electrons. The van der Waals surface area contributed by atoms with Crippen LogP contribution in [0.1, 0.15) is 22.0 Å². The van der Waals surface area contributed by atoms with E-state index in [-0.39, 0.29) is 18.3 Å². The first kappa shape index (κ1) is 13.4. The molecule has 0 aliphatic heterocycles. The molecule has 0 bridgehead atoms. The highest BCUT2D eigenvalue weighted by molar-refractivity contribution is 6.31. The van der Waals surface area contributed by atoms with Gasteiger partial charge in [0.25, 0.3) is 5.91 Å². The molecule has 2 aromatic rings. The summed E-state index contributed by atoms with van der Waals surface area (Å²) in [6, 6.07) is 5.30. The molecule has 0 saturated carbocycles. The highest BCUT2D eigenvalue weighted by Gasteiger charge is 2.13. The first-order valence-corrected chi connectivity index (χ1v) is 5.98. The summed E-state index contributed by atoms with van der Waals surface area (Å²) in [4.78, 5) is 15.7. The number of nitrogens with one attached hydrogen (secondary N) is 2. The van der Waals surface area contributed by atoms with E-state index >= 15 is 0 Å². The van der Waals surface area contributed by atoms with Gasteiger partial charge in [0.2, 0.25) is 5.82 Å². The van der Waals surface area contributed by atoms with Gasteiger partial charge in [-0.1, -0.05) is 17.7 Å². The molecule has 0 atom stereocenters. The Morgan fingerprint density at radius 2 is 2.32 bits per heavy atom. The van der Waals surface area contributed by atoms with Crippen LogP contribution in [0.2, 0.25) is 5.02 Å². The Kier molecular flexibility index (Phi) is 4.01. The van der Waals surface area contributed by atoms with E-state index in [1.54, 1.807) is 32.2 Å². The Hall–Kier alpha value is -2.08. The van der Waals surface area contributed by atoms with Crippen molar-refractivity contribution in [2.75, 3.05) is 7.11 Å². The van der Waals surface area contributed by atoms with Crippen LogP contribution >= 0.6 is 11.6 Å². The van der Waals surface area contributed by atoms with E-state index in [1.807, 2.05) is 0 Å². The number of hydrogen-bond acceptors (Lipinski definition) is 4. The van der Waals surface area contributed by atoms with Crippen molar-refractivity contribution < 1.29 is 9.53 Å². The van der Waals surface area contributed by atoms with E-state index in [4.69, 9.17) is 16.3 Å². The van der Waals surface area contributed by atoms with Gasteiger partial charge in [-0.3, -0.25) is 9.89 Å². The quantitative estimate of drug-likeness (QED) is 0.893. The third-order valence-corrected chi connectivity index (χ3v) is 2.88. The maximum Gasteiger partial charge on any atom is 0.291 e. The number of benzene rings is 1. The first-order chi connectivity index (χ1) is 9.11. The number of aryl methyl sites for hydroxylation is 1. The third-order valence-electron chi connectivity index (χ3n) is 2.52. The zero-order valence-electron chi connectivity index (χ0n) is 10.5. The number of amides is 1. The monoisotopic (exact) mass is 280 g/mol. The van der Waals surface area contributed by atoms with E-state index in [1.165, 1.54) is 0 Å². The second-order valence-electron chi connectivity index (χ2n) is 3.85. The minimum Gasteiger partial charge on any atom is -0.496 e. The number of carbonyl (C=O) groups is 1. The molecule has 1 heterocycles. The van der Waals surface area contributed by atoms with Crippen molar-refractivity contribution in [1.82, 2.24) is 20.5 Å². The highest BCUT2D eigenvalue weighted by atomic mass is 35.5. The summed E-state index contributed by atoms with van der Waals surface area (Å²) in [5, 5.41) is 9.62. The summed E-state index contributed by atoms with van der Waals surface area (Å²) in [5.74, 6) is 0.939. The maximum absolute atomic E-state index is 11.8. The Morgan fingerprint density at radius 3 is 2.95 bits per heavy atom. The number of halogens is 1. The Bertz CT molecular complexity index is 597. The SMILES string of the molecule is COc1cccc(Cl)c1CNC(=O)c1n[nH]c(C)n1. The van der Waals surface area contributed by atoms with Crippen LogP contribution in [0.5, 0.6) is 5.75 Å². The van der Waals surface area contributed by atoms with E-state index in [0.29, 0.717) is 22.2 Å². The molecule has 2 rings (SSSR count). The molecule has 0 fully saturated rings. The van der Waals surface area contributed by atoms with Gasteiger partial charge in [0.15, 0.2) is 0 Å². The smallest absolute Gasteiger partial charge is 0.291 e. The molecule has 0 radical (unpaired) electrons. The molecule has 1 aromatic carbocycles. The fourth-order valence-corrected chi connectivity index (χ4v) is 1.83. The minimum atomic E-state index is -0.369. The van der Waals surface area contributed by atoms with Gasteiger partial charge in [-0.2, -0.15) is 0 Å². The third kappa shape index (κ3) is 3.03. The molecule has 1 amide bonds. The Labute approximate surface area is 115 Å². The fraction of sp³-hybridized carbons (Fsp3) is 0.250. The van der Waals surface area contributed by atoms with Gasteiger partial charge in [-0.15, -0.1) is 5.10 Å². The number of methoxy groups -OCH3 is 1. The van der Waals surface area contributed by atoms with Gasteiger partial charge in [0.1, 0.15) is 11.6 Å². The van der Waals surface area contributed by atoms with Crippen molar-refractivity contribution >= 4 is 17.5 Å². The summed E-state index contributed by atoms with van der Waals surface area (Å²) in [6.07, 6.45) is 0. The van der Waals surface area contributed by atoms with Crippen LogP contribution in [0.25, 0.3) is 0 Å². The average molecular weight is 281 g/mol. The van der Waals surface area contributed by atoms with Crippen LogP contribution in [0.3, 0.4) is 0 Å². The van der Waals surface area contributed by atoms with Crippen LogP contribution in [0.4, 0.5) is 0 Å². The van der Waals surface area contributed by atoms with E-state index < -0.39 is 0 Å². The molecule has 2 N–H and O–H groups in total. The summed E-state index contributed by atoms with van der Waals surface area (Å²) in [5.41, 5.74) is 0.715. The van der Waals surface area contributed by atoms with Crippen LogP contribution in [-0.4, -0.2) is 28.2 Å². The van der Waals surface area contributed by atoms with E-state index in [2.05, 4.69) is 20.5 Å². The predicted molar refractivity (Wildman–Crippen MR) is 70.3 cm³/mol. The second kappa shape index (κ2) is 5.71. The zero-order valence-corrected chi connectivity index (χ0v) is 11.3. The average Bonchev–Trinajstić information content (AvgIpc) is 2.83. The molecule has 0 saturated heterocycles. The second-order valence-corrected chi connectivity index (χ2v) is 4.25. The van der Waals surface area contributed by atoms with E-state index in [9.17, 15) is 4.79 Å². The summed E-state index contributed by atoms with van der Waals surface area (Å²) < 4.78 is 5.20. The van der Waals surface area contributed by atoms with Crippen LogP contribution in [-0.2, 0) is 6.54 Å². The van der Waals surface area contributed by atoms with Crippen molar-refractivity contribution in [3.63, 3.8) is 0 Å². The molecule has 0 spiro atoms. The maximum atomic E-state index is 11.8. The first-order valence-electron chi connectivity index (χ1n) is 5.60. The van der Waals surface area contributed by atoms with Crippen molar-refractivity contribution in [1.29, 1.82) is 0 Å². The number of aromatic nitrogens is 3. The van der Waals surface area contributed by atoms with Gasteiger partial charge in [0, 0.05) is 17.1 Å². The van der Waals surface area contributed by atoms with Crippen molar-refractivity contribution in [3.05, 3.63) is 40.4 Å². The molecule has 0 aliphatic carbocycles. The number of aromatic amines is 1. The number of hydrogen-bond donors (Lipinski definition) is 2. The lowest BCUT2D eigenvalue weighted by atomic mass is 10.2. The standard InChI is InChI=1S/C12H13ClN4O2/c1-7-15-11(17-16-7)12(18)14-6-8-9(13)4-3-5-10(8)19-2/h3-5H,6H2,1-2H3,(H,14,18)(H,15,16,17). The molecule has 1 aromatic heterocycles. The van der Waals surface area contributed by atoms with E-state index in [0.717, 1.165) is 0 Å². The molecule has 7 heteroatoms. The topological polar surface area (TPSA) is 79.9 Å².